The number of amides is 2. The van der Waals surface area contributed by atoms with Gasteiger partial charge in [-0.3, -0.25) is 14.6 Å². The molecule has 3 rings (SSSR count). The van der Waals surface area contributed by atoms with Crippen molar-refractivity contribution in [3.8, 4) is 0 Å². The minimum Gasteiger partial charge on any atom is -0.346 e. The third kappa shape index (κ3) is 3.88. The summed E-state index contributed by atoms with van der Waals surface area (Å²) in [5, 5.41) is 1.13. The zero-order chi connectivity index (χ0) is 18.7. The minimum atomic E-state index is -0.465. The van der Waals surface area contributed by atoms with E-state index in [-0.39, 0.29) is 17.7 Å². The molecule has 1 aliphatic rings. The van der Waals surface area contributed by atoms with E-state index >= 15 is 0 Å². The van der Waals surface area contributed by atoms with Crippen LogP contribution in [0.15, 0.2) is 30.7 Å². The summed E-state index contributed by atoms with van der Waals surface area (Å²) in [6.45, 7) is 6.78. The molecule has 2 N–H and O–H groups in total. The summed E-state index contributed by atoms with van der Waals surface area (Å²) in [6, 6.07) is 3.53. The van der Waals surface area contributed by atoms with Gasteiger partial charge in [-0.25, -0.2) is 0 Å². The van der Waals surface area contributed by atoms with E-state index in [4.69, 9.17) is 5.73 Å². The Morgan fingerprint density at radius 2 is 1.85 bits per heavy atom. The molecule has 0 aromatic carbocycles. The standard InChI is InChI=1S/C19H27N5O2/c1-14(2)18(20)19(26)24-11-9-23(10-12-24)17(25)5-8-22-7-4-15-3-6-21-13-16(15)22/h3-4,6-7,13-14,18H,5,8-12,20H2,1-2H3/t18-/m0/s1. The molecule has 7 heteroatoms. The Morgan fingerprint density at radius 1 is 1.15 bits per heavy atom. The van der Waals surface area contributed by atoms with Crippen molar-refractivity contribution in [2.75, 3.05) is 26.2 Å². The van der Waals surface area contributed by atoms with E-state index in [0.29, 0.717) is 39.1 Å². The van der Waals surface area contributed by atoms with Crippen LogP contribution in [0.3, 0.4) is 0 Å². The minimum absolute atomic E-state index is 0.0154. The average molecular weight is 357 g/mol. The Hall–Kier alpha value is -2.41. The molecule has 7 nitrogen and oxygen atoms in total. The number of hydrogen-bond donors (Lipinski definition) is 1. The molecule has 1 atom stereocenters. The first-order valence-electron chi connectivity index (χ1n) is 9.18. The van der Waals surface area contributed by atoms with Gasteiger partial charge in [-0.1, -0.05) is 13.8 Å². The highest BCUT2D eigenvalue weighted by molar-refractivity contribution is 5.83. The number of aromatic nitrogens is 2. The molecular formula is C19H27N5O2. The molecular weight excluding hydrogens is 330 g/mol. The molecule has 2 amide bonds. The van der Waals surface area contributed by atoms with Gasteiger partial charge in [0, 0.05) is 56.9 Å². The van der Waals surface area contributed by atoms with Crippen molar-refractivity contribution in [3.63, 3.8) is 0 Å². The van der Waals surface area contributed by atoms with Crippen LogP contribution in [0.5, 0.6) is 0 Å². The summed E-state index contributed by atoms with van der Waals surface area (Å²) in [7, 11) is 0. The molecule has 0 radical (unpaired) electrons. The second-order valence-electron chi connectivity index (χ2n) is 7.17. The summed E-state index contributed by atoms with van der Waals surface area (Å²) < 4.78 is 2.06. The monoisotopic (exact) mass is 357 g/mol. The maximum Gasteiger partial charge on any atom is 0.239 e. The molecule has 3 heterocycles. The van der Waals surface area contributed by atoms with Gasteiger partial charge in [0.25, 0.3) is 0 Å². The first-order valence-corrected chi connectivity index (χ1v) is 9.18. The van der Waals surface area contributed by atoms with Crippen LogP contribution >= 0.6 is 0 Å². The van der Waals surface area contributed by atoms with Crippen LogP contribution in [-0.4, -0.2) is 63.4 Å². The van der Waals surface area contributed by atoms with Crippen molar-refractivity contribution < 1.29 is 9.59 Å². The van der Waals surface area contributed by atoms with Gasteiger partial charge in [0.1, 0.15) is 0 Å². The van der Waals surface area contributed by atoms with Crippen LogP contribution in [0.1, 0.15) is 20.3 Å². The fraction of sp³-hybridized carbons (Fsp3) is 0.526. The van der Waals surface area contributed by atoms with Gasteiger partial charge < -0.3 is 20.1 Å². The van der Waals surface area contributed by atoms with E-state index in [1.165, 1.54) is 0 Å². The summed E-state index contributed by atoms with van der Waals surface area (Å²) in [6.07, 6.45) is 6.02. The van der Waals surface area contributed by atoms with Gasteiger partial charge >= 0.3 is 0 Å². The quantitative estimate of drug-likeness (QED) is 0.868. The van der Waals surface area contributed by atoms with Crippen LogP contribution in [0.4, 0.5) is 0 Å². The van der Waals surface area contributed by atoms with Crippen molar-refractivity contribution in [1.82, 2.24) is 19.4 Å². The van der Waals surface area contributed by atoms with Crippen LogP contribution < -0.4 is 5.73 Å². The summed E-state index contributed by atoms with van der Waals surface area (Å²) >= 11 is 0. The number of aryl methyl sites for hydroxylation is 1. The second-order valence-corrected chi connectivity index (χ2v) is 7.17. The lowest BCUT2D eigenvalue weighted by Gasteiger charge is -2.36. The van der Waals surface area contributed by atoms with Gasteiger partial charge in [0.15, 0.2) is 0 Å². The second kappa shape index (κ2) is 7.86. The van der Waals surface area contributed by atoms with Gasteiger partial charge in [-0.2, -0.15) is 0 Å². The lowest BCUT2D eigenvalue weighted by atomic mass is 10.0. The maximum absolute atomic E-state index is 12.5. The molecule has 0 bridgehead atoms. The Bertz CT molecular complexity index is 777. The maximum atomic E-state index is 12.5. The molecule has 140 valence electrons. The highest BCUT2D eigenvalue weighted by Gasteiger charge is 2.28. The molecule has 0 saturated carbocycles. The number of carbonyl (C=O) groups is 2. The van der Waals surface area contributed by atoms with Gasteiger partial charge in [0.05, 0.1) is 17.8 Å². The Morgan fingerprint density at radius 3 is 2.54 bits per heavy atom. The fourth-order valence-corrected chi connectivity index (χ4v) is 3.27. The van der Waals surface area contributed by atoms with Crippen LogP contribution in [-0.2, 0) is 16.1 Å². The van der Waals surface area contributed by atoms with Gasteiger partial charge in [0.2, 0.25) is 11.8 Å². The SMILES string of the molecule is CC(C)[C@H](N)C(=O)N1CCN(C(=O)CCn2ccc3ccncc32)CC1. The third-order valence-corrected chi connectivity index (χ3v) is 5.09. The number of carbonyl (C=O) groups excluding carboxylic acids is 2. The summed E-state index contributed by atoms with van der Waals surface area (Å²) in [5.41, 5.74) is 6.99. The van der Waals surface area contributed by atoms with Gasteiger partial charge in [-0.15, -0.1) is 0 Å². The Kier molecular flexibility index (Phi) is 5.56. The van der Waals surface area contributed by atoms with Crippen LogP contribution in [0.2, 0.25) is 0 Å². The topological polar surface area (TPSA) is 84.5 Å². The average Bonchev–Trinajstić information content (AvgIpc) is 3.08. The highest BCUT2D eigenvalue weighted by atomic mass is 16.2. The number of fused-ring (bicyclic) bond motifs is 1. The van der Waals surface area contributed by atoms with Crippen molar-refractivity contribution in [2.45, 2.75) is 32.9 Å². The normalized spacial score (nSPS) is 16.3. The van der Waals surface area contributed by atoms with E-state index in [9.17, 15) is 9.59 Å². The molecule has 0 unspecified atom stereocenters. The zero-order valence-electron chi connectivity index (χ0n) is 15.5. The van der Waals surface area contributed by atoms with Crippen LogP contribution in [0.25, 0.3) is 10.9 Å². The Balaban J connectivity index is 1.50. The predicted octanol–water partition coefficient (Wildman–Crippen LogP) is 1.08. The Labute approximate surface area is 153 Å². The zero-order valence-corrected chi connectivity index (χ0v) is 15.5. The summed E-state index contributed by atoms with van der Waals surface area (Å²) in [4.78, 5) is 32.6. The molecule has 1 fully saturated rings. The molecule has 0 aliphatic carbocycles. The van der Waals surface area contributed by atoms with Crippen molar-refractivity contribution in [3.05, 3.63) is 30.7 Å². The van der Waals surface area contributed by atoms with Crippen molar-refractivity contribution in [2.24, 2.45) is 11.7 Å². The lowest BCUT2D eigenvalue weighted by molar-refractivity contribution is -0.141. The molecule has 1 aliphatic heterocycles. The number of rotatable bonds is 5. The van der Waals surface area contributed by atoms with E-state index in [1.54, 1.807) is 11.1 Å². The van der Waals surface area contributed by atoms with Crippen LogP contribution in [0, 0.1) is 5.92 Å². The van der Waals surface area contributed by atoms with E-state index in [1.807, 2.05) is 43.3 Å². The van der Waals surface area contributed by atoms with Gasteiger partial charge in [-0.05, 0) is 18.1 Å². The third-order valence-electron chi connectivity index (χ3n) is 5.09. The number of piperazine rings is 1. The molecule has 1 saturated heterocycles. The largest absolute Gasteiger partial charge is 0.346 e. The van der Waals surface area contributed by atoms with Crippen molar-refractivity contribution >= 4 is 22.7 Å². The number of nitrogens with zero attached hydrogens (tertiary/aromatic N) is 4. The first kappa shape index (κ1) is 18.4. The van der Waals surface area contributed by atoms with E-state index < -0.39 is 6.04 Å². The molecule has 26 heavy (non-hydrogen) atoms. The number of pyridine rings is 1. The predicted molar refractivity (Wildman–Crippen MR) is 100 cm³/mol. The number of hydrogen-bond acceptors (Lipinski definition) is 4. The highest BCUT2D eigenvalue weighted by Crippen LogP contribution is 2.15. The molecule has 2 aromatic heterocycles. The number of nitrogens with two attached hydrogens (primary N) is 1. The molecule has 0 spiro atoms. The lowest BCUT2D eigenvalue weighted by Crippen LogP contribution is -2.55. The fourth-order valence-electron chi connectivity index (χ4n) is 3.27. The van der Waals surface area contributed by atoms with E-state index in [2.05, 4.69) is 9.55 Å². The summed E-state index contributed by atoms with van der Waals surface area (Å²) in [5.74, 6) is 0.224. The van der Waals surface area contributed by atoms with E-state index in [0.717, 1.165) is 10.9 Å². The van der Waals surface area contributed by atoms with Crippen molar-refractivity contribution in [1.29, 1.82) is 0 Å². The smallest absolute Gasteiger partial charge is 0.239 e. The molecule has 2 aromatic rings. The first-order chi connectivity index (χ1) is 12.5.